The summed E-state index contributed by atoms with van der Waals surface area (Å²) in [5.74, 6) is 0.339. The van der Waals surface area contributed by atoms with Gasteiger partial charge in [-0.15, -0.1) is 0 Å². The van der Waals surface area contributed by atoms with Gasteiger partial charge in [0.25, 0.3) is 0 Å². The zero-order valence-corrected chi connectivity index (χ0v) is 16.8. The maximum atomic E-state index is 12.2. The SMILES string of the molecule is Cc1cc(Br)cnc1CCCCNc1ncc(Cc2ccncc2)c[n+]1[O-]. The highest BCUT2D eigenvalue weighted by molar-refractivity contribution is 9.10. The van der Waals surface area contributed by atoms with E-state index in [0.29, 0.717) is 18.9 Å². The van der Waals surface area contributed by atoms with Crippen molar-refractivity contribution in [2.24, 2.45) is 0 Å². The summed E-state index contributed by atoms with van der Waals surface area (Å²) in [6.07, 6.45) is 12.2. The minimum absolute atomic E-state index is 0.339. The molecule has 0 unspecified atom stereocenters. The molecule has 3 aromatic rings. The molecule has 0 aliphatic carbocycles. The molecule has 140 valence electrons. The van der Waals surface area contributed by atoms with E-state index < -0.39 is 0 Å². The second-order valence-electron chi connectivity index (χ2n) is 6.44. The fourth-order valence-corrected chi connectivity index (χ4v) is 3.29. The molecule has 3 aromatic heterocycles. The molecule has 0 saturated heterocycles. The van der Waals surface area contributed by atoms with Crippen molar-refractivity contribution in [1.82, 2.24) is 15.0 Å². The third-order valence-electron chi connectivity index (χ3n) is 4.28. The zero-order valence-electron chi connectivity index (χ0n) is 15.2. The molecule has 0 aromatic carbocycles. The molecule has 0 radical (unpaired) electrons. The molecule has 0 spiro atoms. The van der Waals surface area contributed by atoms with Crippen molar-refractivity contribution in [3.05, 3.63) is 81.2 Å². The number of rotatable bonds is 8. The summed E-state index contributed by atoms with van der Waals surface area (Å²) in [6.45, 7) is 2.78. The first-order valence-electron chi connectivity index (χ1n) is 8.93. The molecule has 0 saturated carbocycles. The highest BCUT2D eigenvalue weighted by atomic mass is 79.9. The number of nitrogens with zero attached hydrogens (tertiary/aromatic N) is 4. The van der Waals surface area contributed by atoms with Crippen LogP contribution in [0.3, 0.4) is 0 Å². The summed E-state index contributed by atoms with van der Waals surface area (Å²) in [7, 11) is 0. The van der Waals surface area contributed by atoms with Crippen molar-refractivity contribution in [2.45, 2.75) is 32.6 Å². The predicted octanol–water partition coefficient (Wildman–Crippen LogP) is 3.60. The van der Waals surface area contributed by atoms with Crippen molar-refractivity contribution in [2.75, 3.05) is 11.9 Å². The van der Waals surface area contributed by atoms with E-state index in [2.05, 4.69) is 49.2 Å². The summed E-state index contributed by atoms with van der Waals surface area (Å²) in [5.41, 5.74) is 4.29. The molecule has 0 aliphatic heterocycles. The Labute approximate surface area is 167 Å². The molecular formula is C20H22BrN5O. The third-order valence-corrected chi connectivity index (χ3v) is 4.71. The largest absolute Gasteiger partial charge is 0.740 e. The van der Waals surface area contributed by atoms with Crippen molar-refractivity contribution in [3.8, 4) is 0 Å². The Kier molecular flexibility index (Phi) is 6.70. The van der Waals surface area contributed by atoms with Gasteiger partial charge in [-0.05, 0) is 71.4 Å². The van der Waals surface area contributed by atoms with Gasteiger partial charge in [0.15, 0.2) is 0 Å². The van der Waals surface area contributed by atoms with Crippen LogP contribution in [-0.2, 0) is 12.8 Å². The van der Waals surface area contributed by atoms with E-state index in [1.807, 2.05) is 18.3 Å². The maximum absolute atomic E-state index is 12.2. The average Bonchev–Trinajstić information content (AvgIpc) is 2.65. The van der Waals surface area contributed by atoms with Crippen LogP contribution in [0.25, 0.3) is 0 Å². The Morgan fingerprint density at radius 1 is 1.11 bits per heavy atom. The second kappa shape index (κ2) is 9.41. The lowest BCUT2D eigenvalue weighted by Gasteiger charge is -2.10. The van der Waals surface area contributed by atoms with Gasteiger partial charge in [0.2, 0.25) is 0 Å². The van der Waals surface area contributed by atoms with E-state index in [1.165, 1.54) is 5.56 Å². The lowest BCUT2D eigenvalue weighted by atomic mass is 10.1. The van der Waals surface area contributed by atoms with E-state index >= 15 is 0 Å². The molecule has 0 fully saturated rings. The number of nitrogens with one attached hydrogen (secondary N) is 1. The topological polar surface area (TPSA) is 77.6 Å². The molecule has 0 aliphatic rings. The van der Waals surface area contributed by atoms with Gasteiger partial charge in [-0.2, -0.15) is 0 Å². The van der Waals surface area contributed by atoms with Crippen LogP contribution in [0.2, 0.25) is 0 Å². The van der Waals surface area contributed by atoms with Gasteiger partial charge in [0.05, 0.1) is 12.7 Å². The van der Waals surface area contributed by atoms with Crippen LogP contribution in [-0.4, -0.2) is 21.5 Å². The van der Waals surface area contributed by atoms with Gasteiger partial charge in [0.1, 0.15) is 6.20 Å². The van der Waals surface area contributed by atoms with Gasteiger partial charge < -0.3 is 5.21 Å². The van der Waals surface area contributed by atoms with E-state index in [4.69, 9.17) is 0 Å². The van der Waals surface area contributed by atoms with Crippen molar-refractivity contribution in [3.63, 3.8) is 0 Å². The summed E-state index contributed by atoms with van der Waals surface area (Å²) in [4.78, 5) is 12.7. The van der Waals surface area contributed by atoms with E-state index in [0.717, 1.165) is 45.3 Å². The molecule has 3 heterocycles. The van der Waals surface area contributed by atoms with Crippen LogP contribution in [0.15, 0.2) is 53.7 Å². The Balaban J connectivity index is 1.45. The Morgan fingerprint density at radius 2 is 1.93 bits per heavy atom. The predicted molar refractivity (Wildman–Crippen MR) is 108 cm³/mol. The molecule has 3 rings (SSSR count). The molecule has 0 bridgehead atoms. The molecule has 6 nitrogen and oxygen atoms in total. The van der Waals surface area contributed by atoms with Gasteiger partial charge in [0, 0.05) is 40.7 Å². The number of halogens is 1. The first-order valence-corrected chi connectivity index (χ1v) is 9.73. The first kappa shape index (κ1) is 19.2. The van der Waals surface area contributed by atoms with Crippen LogP contribution in [0.1, 0.15) is 35.2 Å². The van der Waals surface area contributed by atoms with Gasteiger partial charge >= 0.3 is 5.95 Å². The number of aromatic nitrogens is 4. The number of anilines is 1. The van der Waals surface area contributed by atoms with E-state index in [-0.39, 0.29) is 0 Å². The monoisotopic (exact) mass is 427 g/mol. The molecular weight excluding hydrogens is 406 g/mol. The van der Waals surface area contributed by atoms with Crippen LogP contribution in [0.5, 0.6) is 0 Å². The van der Waals surface area contributed by atoms with Gasteiger partial charge in [-0.1, -0.05) is 4.98 Å². The normalized spacial score (nSPS) is 10.7. The lowest BCUT2D eigenvalue weighted by molar-refractivity contribution is -0.593. The average molecular weight is 428 g/mol. The highest BCUT2D eigenvalue weighted by Crippen LogP contribution is 2.14. The molecule has 27 heavy (non-hydrogen) atoms. The minimum atomic E-state index is 0.339. The second-order valence-corrected chi connectivity index (χ2v) is 7.36. The standard InChI is InChI=1S/C20H22BrN5O/c1-15-10-18(21)13-24-19(15)4-2-3-7-23-20-25-12-17(14-26(20)27)11-16-5-8-22-9-6-16/h5-6,8-10,12-14H,2-4,7,11H2,1H3,(H,23,25). The molecule has 0 atom stereocenters. The minimum Gasteiger partial charge on any atom is -0.740 e. The van der Waals surface area contributed by atoms with Gasteiger partial charge in [-0.3, -0.25) is 15.3 Å². The Morgan fingerprint density at radius 3 is 2.67 bits per heavy atom. The quantitative estimate of drug-likeness (QED) is 0.337. The fourth-order valence-electron chi connectivity index (χ4n) is 2.85. The fraction of sp³-hybridized carbons (Fsp3) is 0.300. The molecule has 1 N–H and O–H groups in total. The lowest BCUT2D eigenvalue weighted by Crippen LogP contribution is -2.32. The Bertz CT molecular complexity index is 889. The van der Waals surface area contributed by atoms with E-state index in [9.17, 15) is 5.21 Å². The molecule has 7 heteroatoms. The summed E-state index contributed by atoms with van der Waals surface area (Å²) in [5, 5.41) is 15.3. The van der Waals surface area contributed by atoms with Crippen LogP contribution in [0.4, 0.5) is 5.95 Å². The third kappa shape index (κ3) is 5.72. The van der Waals surface area contributed by atoms with Crippen LogP contribution >= 0.6 is 15.9 Å². The van der Waals surface area contributed by atoms with Crippen molar-refractivity contribution in [1.29, 1.82) is 0 Å². The zero-order chi connectivity index (χ0) is 19.1. The number of pyridine rings is 2. The highest BCUT2D eigenvalue weighted by Gasteiger charge is 2.08. The van der Waals surface area contributed by atoms with E-state index in [1.54, 1.807) is 24.8 Å². The summed E-state index contributed by atoms with van der Waals surface area (Å²) >= 11 is 3.43. The van der Waals surface area contributed by atoms with Crippen LogP contribution in [0, 0.1) is 12.1 Å². The first-order chi connectivity index (χ1) is 13.1. The van der Waals surface area contributed by atoms with Crippen LogP contribution < -0.4 is 10.0 Å². The van der Waals surface area contributed by atoms with Crippen molar-refractivity contribution >= 4 is 21.9 Å². The van der Waals surface area contributed by atoms with Gasteiger partial charge in [-0.25, -0.2) is 4.73 Å². The smallest absolute Gasteiger partial charge is 0.391 e. The number of unbranched alkanes of at least 4 members (excludes halogenated alkanes) is 1. The van der Waals surface area contributed by atoms with Crippen molar-refractivity contribution < 1.29 is 4.73 Å². The summed E-state index contributed by atoms with van der Waals surface area (Å²) in [6, 6.07) is 5.95. The summed E-state index contributed by atoms with van der Waals surface area (Å²) < 4.78 is 1.81. The number of aryl methyl sites for hydroxylation is 2. The Hall–Kier alpha value is -2.54. The number of hydrogen-bond donors (Lipinski definition) is 1. The molecule has 0 amide bonds. The number of hydrogen-bond acceptors (Lipinski definition) is 5. The maximum Gasteiger partial charge on any atom is 0.391 e.